The van der Waals surface area contributed by atoms with Crippen LogP contribution in [0.3, 0.4) is 0 Å². The van der Waals surface area contributed by atoms with Gasteiger partial charge in [0.2, 0.25) is 0 Å². The summed E-state index contributed by atoms with van der Waals surface area (Å²) < 4.78 is 18.7. The highest BCUT2D eigenvalue weighted by molar-refractivity contribution is 9.10. The molecular formula is C14H12BrFN2O3S. The highest BCUT2D eigenvalue weighted by atomic mass is 79.9. The van der Waals surface area contributed by atoms with Gasteiger partial charge in [0.05, 0.1) is 12.3 Å². The molecule has 0 aliphatic heterocycles. The summed E-state index contributed by atoms with van der Waals surface area (Å²) in [5, 5.41) is 2.80. The fraction of sp³-hybridized carbons (Fsp3) is 0.214. The first-order valence-corrected chi connectivity index (χ1v) is 7.93. The van der Waals surface area contributed by atoms with Gasteiger partial charge in [0.25, 0.3) is 5.91 Å². The van der Waals surface area contributed by atoms with Crippen molar-refractivity contribution in [3.63, 3.8) is 0 Å². The van der Waals surface area contributed by atoms with E-state index in [-0.39, 0.29) is 17.3 Å². The standard InChI is InChI=1S/C14H12BrFN2O3S/c1-3-21-13(20)11-7(2)17-14(22-11)18-12(19)8-4-9(15)6-10(16)5-8/h4-6H,3H2,1-2H3,(H,17,18,19). The summed E-state index contributed by atoms with van der Waals surface area (Å²) in [5.74, 6) is -1.52. The molecule has 1 heterocycles. The van der Waals surface area contributed by atoms with Crippen molar-refractivity contribution in [3.8, 4) is 0 Å². The minimum absolute atomic E-state index is 0.150. The third kappa shape index (κ3) is 3.89. The molecule has 1 aromatic carbocycles. The van der Waals surface area contributed by atoms with Crippen LogP contribution in [-0.4, -0.2) is 23.5 Å². The van der Waals surface area contributed by atoms with Gasteiger partial charge < -0.3 is 4.74 Å². The minimum atomic E-state index is -0.526. The summed E-state index contributed by atoms with van der Waals surface area (Å²) in [6, 6.07) is 3.86. The van der Waals surface area contributed by atoms with E-state index in [0.29, 0.717) is 15.0 Å². The SMILES string of the molecule is CCOC(=O)c1sc(NC(=O)c2cc(F)cc(Br)c2)nc1C. The maximum atomic E-state index is 13.3. The van der Waals surface area contributed by atoms with Crippen LogP contribution in [0.15, 0.2) is 22.7 Å². The minimum Gasteiger partial charge on any atom is -0.462 e. The molecule has 0 atom stereocenters. The number of anilines is 1. The Kier molecular flexibility index (Phi) is 5.25. The zero-order valence-corrected chi connectivity index (χ0v) is 14.2. The number of aryl methyl sites for hydroxylation is 1. The van der Waals surface area contributed by atoms with E-state index in [1.807, 2.05) is 0 Å². The molecule has 2 rings (SSSR count). The van der Waals surface area contributed by atoms with E-state index in [9.17, 15) is 14.0 Å². The van der Waals surface area contributed by atoms with Crippen LogP contribution in [0.25, 0.3) is 0 Å². The molecule has 0 aliphatic rings. The van der Waals surface area contributed by atoms with Crippen LogP contribution < -0.4 is 5.32 Å². The lowest BCUT2D eigenvalue weighted by Crippen LogP contribution is -2.12. The molecular weight excluding hydrogens is 375 g/mol. The highest BCUT2D eigenvalue weighted by Gasteiger charge is 2.18. The fourth-order valence-electron chi connectivity index (χ4n) is 1.69. The molecule has 0 aliphatic carbocycles. The van der Waals surface area contributed by atoms with Crippen LogP contribution >= 0.6 is 27.3 Å². The Bertz CT molecular complexity index is 713. The maximum absolute atomic E-state index is 13.3. The average molecular weight is 387 g/mol. The number of esters is 1. The summed E-state index contributed by atoms with van der Waals surface area (Å²) in [7, 11) is 0. The van der Waals surface area contributed by atoms with Crippen LogP contribution in [0.4, 0.5) is 9.52 Å². The summed E-state index contributed by atoms with van der Waals surface area (Å²) in [5.41, 5.74) is 0.622. The number of hydrogen-bond donors (Lipinski definition) is 1. The topological polar surface area (TPSA) is 68.3 Å². The molecule has 116 valence electrons. The monoisotopic (exact) mass is 386 g/mol. The molecule has 0 fully saturated rings. The summed E-state index contributed by atoms with van der Waals surface area (Å²) in [6.45, 7) is 3.62. The van der Waals surface area contributed by atoms with Crippen molar-refractivity contribution in [2.24, 2.45) is 0 Å². The van der Waals surface area contributed by atoms with Gasteiger partial charge in [0.1, 0.15) is 10.7 Å². The van der Waals surface area contributed by atoms with Gasteiger partial charge in [0, 0.05) is 10.0 Å². The Morgan fingerprint density at radius 2 is 2.14 bits per heavy atom. The largest absolute Gasteiger partial charge is 0.462 e. The zero-order valence-electron chi connectivity index (χ0n) is 11.8. The molecule has 22 heavy (non-hydrogen) atoms. The number of halogens is 2. The number of aromatic nitrogens is 1. The number of rotatable bonds is 4. The van der Waals surface area contributed by atoms with E-state index >= 15 is 0 Å². The number of amides is 1. The van der Waals surface area contributed by atoms with Gasteiger partial charge in [-0.3, -0.25) is 10.1 Å². The van der Waals surface area contributed by atoms with E-state index in [4.69, 9.17) is 4.74 Å². The maximum Gasteiger partial charge on any atom is 0.350 e. The van der Waals surface area contributed by atoms with Crippen LogP contribution in [0.1, 0.15) is 32.6 Å². The van der Waals surface area contributed by atoms with Gasteiger partial charge in [-0.15, -0.1) is 0 Å². The zero-order chi connectivity index (χ0) is 16.3. The Morgan fingerprint density at radius 3 is 2.77 bits per heavy atom. The van der Waals surface area contributed by atoms with Gasteiger partial charge in [-0.2, -0.15) is 0 Å². The quantitative estimate of drug-likeness (QED) is 0.811. The van der Waals surface area contributed by atoms with Crippen LogP contribution in [-0.2, 0) is 4.74 Å². The lowest BCUT2D eigenvalue weighted by atomic mass is 10.2. The normalized spacial score (nSPS) is 10.4. The predicted octanol–water partition coefficient (Wildman–Crippen LogP) is 3.78. The third-order valence-corrected chi connectivity index (χ3v) is 4.11. The third-order valence-electron chi connectivity index (χ3n) is 2.60. The number of hydrogen-bond acceptors (Lipinski definition) is 5. The molecule has 0 bridgehead atoms. The fourth-order valence-corrected chi connectivity index (χ4v) is 3.01. The number of carbonyl (C=O) groups is 2. The lowest BCUT2D eigenvalue weighted by Gasteiger charge is -2.02. The molecule has 1 amide bonds. The Balaban J connectivity index is 2.18. The smallest absolute Gasteiger partial charge is 0.350 e. The number of thiazole rings is 1. The van der Waals surface area contributed by atoms with Crippen molar-refractivity contribution >= 4 is 44.3 Å². The van der Waals surface area contributed by atoms with Crippen molar-refractivity contribution in [2.45, 2.75) is 13.8 Å². The predicted molar refractivity (Wildman–Crippen MR) is 84.9 cm³/mol. The van der Waals surface area contributed by atoms with Crippen molar-refractivity contribution in [2.75, 3.05) is 11.9 Å². The van der Waals surface area contributed by atoms with Crippen molar-refractivity contribution < 1.29 is 18.7 Å². The second kappa shape index (κ2) is 6.97. The first kappa shape index (κ1) is 16.6. The van der Waals surface area contributed by atoms with E-state index < -0.39 is 17.7 Å². The molecule has 1 N–H and O–H groups in total. The Morgan fingerprint density at radius 1 is 1.41 bits per heavy atom. The van der Waals surface area contributed by atoms with Crippen LogP contribution in [0.5, 0.6) is 0 Å². The second-order valence-corrected chi connectivity index (χ2v) is 6.18. The Hall–Kier alpha value is -1.80. The van der Waals surface area contributed by atoms with Gasteiger partial charge in [-0.1, -0.05) is 27.3 Å². The van der Waals surface area contributed by atoms with Gasteiger partial charge in [-0.05, 0) is 32.0 Å². The van der Waals surface area contributed by atoms with Gasteiger partial charge >= 0.3 is 5.97 Å². The summed E-state index contributed by atoms with van der Waals surface area (Å²) >= 11 is 4.14. The molecule has 1 aromatic heterocycles. The van der Waals surface area contributed by atoms with Gasteiger partial charge in [-0.25, -0.2) is 14.2 Å². The number of ether oxygens (including phenoxy) is 1. The van der Waals surface area contributed by atoms with E-state index in [2.05, 4.69) is 26.2 Å². The van der Waals surface area contributed by atoms with Crippen LogP contribution in [0.2, 0.25) is 0 Å². The van der Waals surface area contributed by atoms with Gasteiger partial charge in [0.15, 0.2) is 5.13 Å². The molecule has 8 heteroatoms. The molecule has 0 spiro atoms. The first-order chi connectivity index (χ1) is 10.4. The molecule has 0 saturated heterocycles. The van der Waals surface area contributed by atoms with E-state index in [0.717, 1.165) is 17.4 Å². The molecule has 0 saturated carbocycles. The Labute approximate surface area is 138 Å². The van der Waals surface area contributed by atoms with Crippen LogP contribution in [0, 0.1) is 12.7 Å². The number of benzene rings is 1. The first-order valence-electron chi connectivity index (χ1n) is 6.32. The number of carbonyl (C=O) groups excluding carboxylic acids is 2. The lowest BCUT2D eigenvalue weighted by molar-refractivity contribution is 0.0531. The summed E-state index contributed by atoms with van der Waals surface area (Å²) in [4.78, 5) is 28.2. The van der Waals surface area contributed by atoms with Crippen molar-refractivity contribution in [1.29, 1.82) is 0 Å². The number of nitrogens with zero attached hydrogens (tertiary/aromatic N) is 1. The molecule has 5 nitrogen and oxygen atoms in total. The average Bonchev–Trinajstić information content (AvgIpc) is 2.78. The molecule has 2 aromatic rings. The summed E-state index contributed by atoms with van der Waals surface area (Å²) in [6.07, 6.45) is 0. The molecule has 0 radical (unpaired) electrons. The highest BCUT2D eigenvalue weighted by Crippen LogP contribution is 2.24. The van der Waals surface area contributed by atoms with E-state index in [1.165, 1.54) is 12.1 Å². The van der Waals surface area contributed by atoms with Crippen molar-refractivity contribution in [1.82, 2.24) is 4.98 Å². The van der Waals surface area contributed by atoms with E-state index in [1.54, 1.807) is 13.8 Å². The molecule has 0 unspecified atom stereocenters. The second-order valence-electron chi connectivity index (χ2n) is 4.27. The van der Waals surface area contributed by atoms with Crippen molar-refractivity contribution in [3.05, 3.63) is 44.6 Å². The number of nitrogens with one attached hydrogen (secondary N) is 1.